The van der Waals surface area contributed by atoms with Gasteiger partial charge in [-0.1, -0.05) is 11.6 Å². The van der Waals surface area contributed by atoms with Gasteiger partial charge in [0.05, 0.1) is 13.7 Å². The molecule has 0 spiro atoms. The standard InChI is InChI=1S/C20H22O4/c1-15-4-11-20(23-3)17(14-15)7-10-19(21)16-5-8-18(9-6-16)24-13-12-22-2/h4-11,14H,12-13H2,1-3H3/b10-7+. The third-order valence-electron chi connectivity index (χ3n) is 3.49. The molecule has 0 radical (unpaired) electrons. The van der Waals surface area contributed by atoms with E-state index in [9.17, 15) is 4.79 Å². The highest BCUT2D eigenvalue weighted by Crippen LogP contribution is 2.21. The molecule has 4 heteroatoms. The molecule has 2 aromatic rings. The van der Waals surface area contributed by atoms with Gasteiger partial charge in [-0.15, -0.1) is 0 Å². The third kappa shape index (κ3) is 4.96. The average Bonchev–Trinajstić information content (AvgIpc) is 2.60. The van der Waals surface area contributed by atoms with Crippen LogP contribution in [0.5, 0.6) is 11.5 Å². The molecule has 0 saturated carbocycles. The predicted molar refractivity (Wildman–Crippen MR) is 94.9 cm³/mol. The van der Waals surface area contributed by atoms with Gasteiger partial charge in [0.1, 0.15) is 18.1 Å². The Morgan fingerprint density at radius 3 is 2.46 bits per heavy atom. The first kappa shape index (κ1) is 17.8. The normalized spacial score (nSPS) is 10.8. The second-order valence-electron chi connectivity index (χ2n) is 5.31. The average molecular weight is 326 g/mol. The zero-order valence-electron chi connectivity index (χ0n) is 14.2. The molecule has 2 aromatic carbocycles. The maximum absolute atomic E-state index is 12.3. The summed E-state index contributed by atoms with van der Waals surface area (Å²) in [6.07, 6.45) is 3.33. The minimum atomic E-state index is -0.0676. The Labute approximate surface area is 142 Å². The number of carbonyl (C=O) groups excluding carboxylic acids is 1. The van der Waals surface area contributed by atoms with Crippen molar-refractivity contribution in [3.8, 4) is 11.5 Å². The molecule has 0 bridgehead atoms. The molecule has 0 aromatic heterocycles. The quantitative estimate of drug-likeness (QED) is 0.419. The maximum Gasteiger partial charge on any atom is 0.185 e. The van der Waals surface area contributed by atoms with Crippen molar-refractivity contribution >= 4 is 11.9 Å². The van der Waals surface area contributed by atoms with Crippen LogP contribution in [0.2, 0.25) is 0 Å². The summed E-state index contributed by atoms with van der Waals surface area (Å²) in [6, 6.07) is 12.9. The lowest BCUT2D eigenvalue weighted by molar-refractivity contribution is 0.104. The maximum atomic E-state index is 12.3. The summed E-state index contributed by atoms with van der Waals surface area (Å²) in [6.45, 7) is 3.01. The van der Waals surface area contributed by atoms with Gasteiger partial charge in [0, 0.05) is 18.2 Å². The van der Waals surface area contributed by atoms with Crippen LogP contribution in [0.25, 0.3) is 6.08 Å². The van der Waals surface area contributed by atoms with Crippen LogP contribution in [-0.4, -0.2) is 33.2 Å². The highest BCUT2D eigenvalue weighted by molar-refractivity contribution is 6.07. The fourth-order valence-corrected chi connectivity index (χ4v) is 2.20. The van der Waals surface area contributed by atoms with Crippen molar-refractivity contribution < 1.29 is 19.0 Å². The fourth-order valence-electron chi connectivity index (χ4n) is 2.20. The van der Waals surface area contributed by atoms with Crippen LogP contribution in [0, 0.1) is 6.92 Å². The molecule has 0 saturated heterocycles. The van der Waals surface area contributed by atoms with Gasteiger partial charge in [-0.05, 0) is 55.5 Å². The van der Waals surface area contributed by atoms with Crippen LogP contribution < -0.4 is 9.47 Å². The highest BCUT2D eigenvalue weighted by Gasteiger charge is 2.04. The Bertz CT molecular complexity index is 702. The van der Waals surface area contributed by atoms with Crippen molar-refractivity contribution in [2.75, 3.05) is 27.4 Å². The smallest absolute Gasteiger partial charge is 0.185 e. The van der Waals surface area contributed by atoms with Crippen LogP contribution >= 0.6 is 0 Å². The second kappa shape index (κ2) is 8.89. The SMILES string of the molecule is COCCOc1ccc(C(=O)/C=C/c2cc(C)ccc2OC)cc1. The first-order valence-electron chi connectivity index (χ1n) is 7.73. The number of aryl methyl sites for hydroxylation is 1. The van der Waals surface area contributed by atoms with Crippen molar-refractivity contribution in [3.63, 3.8) is 0 Å². The lowest BCUT2D eigenvalue weighted by Gasteiger charge is -2.06. The van der Waals surface area contributed by atoms with Crippen LogP contribution in [0.1, 0.15) is 21.5 Å². The van der Waals surface area contributed by atoms with Gasteiger partial charge in [-0.3, -0.25) is 4.79 Å². The number of methoxy groups -OCH3 is 2. The number of benzene rings is 2. The van der Waals surface area contributed by atoms with E-state index in [1.165, 1.54) is 0 Å². The van der Waals surface area contributed by atoms with E-state index in [1.807, 2.05) is 25.1 Å². The zero-order chi connectivity index (χ0) is 17.4. The van der Waals surface area contributed by atoms with Crippen molar-refractivity contribution in [2.45, 2.75) is 6.92 Å². The Balaban J connectivity index is 2.05. The molecule has 24 heavy (non-hydrogen) atoms. The van der Waals surface area contributed by atoms with Crippen molar-refractivity contribution in [1.82, 2.24) is 0 Å². The van der Waals surface area contributed by atoms with E-state index in [4.69, 9.17) is 14.2 Å². The van der Waals surface area contributed by atoms with E-state index in [0.717, 1.165) is 16.9 Å². The first-order valence-corrected chi connectivity index (χ1v) is 7.73. The van der Waals surface area contributed by atoms with Gasteiger partial charge in [0.2, 0.25) is 0 Å². The van der Waals surface area contributed by atoms with Crippen molar-refractivity contribution in [2.24, 2.45) is 0 Å². The molecule has 0 N–H and O–H groups in total. The van der Waals surface area contributed by atoms with Gasteiger partial charge in [-0.2, -0.15) is 0 Å². The van der Waals surface area contributed by atoms with E-state index >= 15 is 0 Å². The number of ether oxygens (including phenoxy) is 3. The monoisotopic (exact) mass is 326 g/mol. The number of hydrogen-bond donors (Lipinski definition) is 0. The van der Waals surface area contributed by atoms with Crippen molar-refractivity contribution in [3.05, 3.63) is 65.2 Å². The summed E-state index contributed by atoms with van der Waals surface area (Å²) in [4.78, 5) is 12.3. The summed E-state index contributed by atoms with van der Waals surface area (Å²) in [5, 5.41) is 0. The Hall–Kier alpha value is -2.59. The van der Waals surface area contributed by atoms with E-state index in [1.54, 1.807) is 50.6 Å². The Kier molecular flexibility index (Phi) is 6.58. The molecule has 2 rings (SSSR count). The molecule has 0 aliphatic rings. The van der Waals surface area contributed by atoms with Crippen LogP contribution in [0.4, 0.5) is 0 Å². The summed E-state index contributed by atoms with van der Waals surface area (Å²) in [5.41, 5.74) is 2.60. The van der Waals surface area contributed by atoms with E-state index in [2.05, 4.69) is 0 Å². The van der Waals surface area contributed by atoms with Gasteiger partial charge in [-0.25, -0.2) is 0 Å². The van der Waals surface area contributed by atoms with E-state index in [0.29, 0.717) is 24.5 Å². The first-order chi connectivity index (χ1) is 11.6. The van der Waals surface area contributed by atoms with Gasteiger partial charge in [0.25, 0.3) is 0 Å². The van der Waals surface area contributed by atoms with Gasteiger partial charge in [0.15, 0.2) is 5.78 Å². The van der Waals surface area contributed by atoms with Crippen LogP contribution in [-0.2, 0) is 4.74 Å². The third-order valence-corrected chi connectivity index (χ3v) is 3.49. The van der Waals surface area contributed by atoms with E-state index < -0.39 is 0 Å². The van der Waals surface area contributed by atoms with Gasteiger partial charge >= 0.3 is 0 Å². The number of rotatable bonds is 8. The molecule has 0 aliphatic heterocycles. The second-order valence-corrected chi connectivity index (χ2v) is 5.31. The molecule has 0 unspecified atom stereocenters. The van der Waals surface area contributed by atoms with Crippen LogP contribution in [0.15, 0.2) is 48.5 Å². The molecule has 0 atom stereocenters. The summed E-state index contributed by atoms with van der Waals surface area (Å²) < 4.78 is 15.7. The zero-order valence-corrected chi connectivity index (χ0v) is 14.2. The molecule has 0 amide bonds. The molecule has 0 heterocycles. The minimum absolute atomic E-state index is 0.0676. The summed E-state index contributed by atoms with van der Waals surface area (Å²) >= 11 is 0. The number of allylic oxidation sites excluding steroid dienone is 1. The molecular formula is C20H22O4. The number of ketones is 1. The summed E-state index contributed by atoms with van der Waals surface area (Å²) in [7, 11) is 3.24. The molecule has 126 valence electrons. The lowest BCUT2D eigenvalue weighted by Crippen LogP contribution is -2.04. The van der Waals surface area contributed by atoms with Crippen molar-refractivity contribution in [1.29, 1.82) is 0 Å². The summed E-state index contributed by atoms with van der Waals surface area (Å²) in [5.74, 6) is 1.39. The largest absolute Gasteiger partial charge is 0.496 e. The minimum Gasteiger partial charge on any atom is -0.496 e. The fraction of sp³-hybridized carbons (Fsp3) is 0.250. The Morgan fingerprint density at radius 2 is 1.79 bits per heavy atom. The lowest BCUT2D eigenvalue weighted by atomic mass is 10.1. The molecule has 0 aliphatic carbocycles. The molecule has 0 fully saturated rings. The molecule has 4 nitrogen and oxygen atoms in total. The topological polar surface area (TPSA) is 44.8 Å². The van der Waals surface area contributed by atoms with Crippen LogP contribution in [0.3, 0.4) is 0 Å². The Morgan fingerprint density at radius 1 is 1.04 bits per heavy atom. The number of carbonyl (C=O) groups is 1. The molecular weight excluding hydrogens is 304 g/mol. The number of hydrogen-bond acceptors (Lipinski definition) is 4. The van der Waals surface area contributed by atoms with E-state index in [-0.39, 0.29) is 5.78 Å². The van der Waals surface area contributed by atoms with Gasteiger partial charge < -0.3 is 14.2 Å². The highest BCUT2D eigenvalue weighted by atomic mass is 16.5. The predicted octanol–water partition coefficient (Wildman–Crippen LogP) is 3.92.